The highest BCUT2D eigenvalue weighted by atomic mass is 32.2. The molecule has 1 aromatic carbocycles. The van der Waals surface area contributed by atoms with Crippen LogP contribution in [0.3, 0.4) is 0 Å². The van der Waals surface area contributed by atoms with E-state index in [2.05, 4.69) is 17.9 Å². The van der Waals surface area contributed by atoms with Gasteiger partial charge in [-0.25, -0.2) is 13.1 Å². The molecule has 0 heterocycles. The van der Waals surface area contributed by atoms with Gasteiger partial charge in [0.15, 0.2) is 0 Å². The van der Waals surface area contributed by atoms with E-state index in [1.165, 1.54) is 0 Å². The normalized spacial score (nSPS) is 13.7. The van der Waals surface area contributed by atoms with Crippen molar-refractivity contribution in [2.45, 2.75) is 43.2 Å². The summed E-state index contributed by atoms with van der Waals surface area (Å²) in [6.07, 6.45) is 3.69. The second kappa shape index (κ2) is 7.02. The summed E-state index contributed by atoms with van der Waals surface area (Å²) < 4.78 is 27.4. The number of hydrogen-bond donors (Lipinski definition) is 2. The van der Waals surface area contributed by atoms with Gasteiger partial charge in [0.2, 0.25) is 10.0 Å². The lowest BCUT2D eigenvalue weighted by Crippen LogP contribution is -2.50. The van der Waals surface area contributed by atoms with E-state index < -0.39 is 21.7 Å². The molecule has 0 aliphatic heterocycles. The summed E-state index contributed by atoms with van der Waals surface area (Å²) >= 11 is 0. The van der Waals surface area contributed by atoms with Crippen LogP contribution >= 0.6 is 0 Å². The molecule has 1 aromatic rings. The Balaban J connectivity index is 3.05. The molecule has 0 saturated carbocycles. The van der Waals surface area contributed by atoms with E-state index in [1.807, 2.05) is 0 Å². The monoisotopic (exact) mass is 309 g/mol. The summed E-state index contributed by atoms with van der Waals surface area (Å²) in [5.41, 5.74) is -0.576. The maximum Gasteiger partial charge on any atom is 0.241 e. The Labute approximate surface area is 127 Å². The summed E-state index contributed by atoms with van der Waals surface area (Å²) in [5.74, 6) is 0. The lowest BCUT2D eigenvalue weighted by molar-refractivity contribution is 0.0200. The second-order valence-electron chi connectivity index (χ2n) is 5.20. The number of aryl methyl sites for hydroxylation is 1. The van der Waals surface area contributed by atoms with E-state index in [0.29, 0.717) is 5.56 Å². The molecule has 1 unspecified atom stereocenters. The third kappa shape index (κ3) is 4.27. The summed E-state index contributed by atoms with van der Waals surface area (Å²) in [5, 5.41) is 10.6. The van der Waals surface area contributed by atoms with Crippen LogP contribution in [0.5, 0.6) is 0 Å². The molecule has 116 valence electrons. The van der Waals surface area contributed by atoms with Gasteiger partial charge in [-0.05, 0) is 38.3 Å². The molecule has 0 aliphatic rings. The zero-order chi connectivity index (χ0) is 16.1. The Kier molecular flexibility index (Phi) is 5.89. The van der Waals surface area contributed by atoms with Crippen molar-refractivity contribution in [2.24, 2.45) is 0 Å². The zero-order valence-corrected chi connectivity index (χ0v) is 13.4. The summed E-state index contributed by atoms with van der Waals surface area (Å²) in [7, 11) is -3.69. The average molecular weight is 309 g/mol. The number of hydrogen-bond acceptors (Lipinski definition) is 3. The van der Waals surface area contributed by atoms with Gasteiger partial charge in [0.1, 0.15) is 0 Å². The van der Waals surface area contributed by atoms with Gasteiger partial charge in [-0.3, -0.25) is 0 Å². The van der Waals surface area contributed by atoms with Crippen molar-refractivity contribution in [3.63, 3.8) is 0 Å². The Morgan fingerprint density at radius 2 is 1.81 bits per heavy atom. The largest absolute Gasteiger partial charge is 0.388 e. The Morgan fingerprint density at radius 3 is 2.29 bits per heavy atom. The number of rotatable bonds is 8. The van der Waals surface area contributed by atoms with Gasteiger partial charge in [-0.2, -0.15) is 0 Å². The maximum absolute atomic E-state index is 12.4. The van der Waals surface area contributed by atoms with Crippen LogP contribution < -0.4 is 4.72 Å². The molecular weight excluding hydrogens is 286 g/mol. The van der Waals surface area contributed by atoms with Crippen molar-refractivity contribution in [3.8, 4) is 0 Å². The van der Waals surface area contributed by atoms with Crippen molar-refractivity contribution < 1.29 is 13.5 Å². The van der Waals surface area contributed by atoms with Crippen LogP contribution in [0.2, 0.25) is 0 Å². The third-order valence-corrected chi connectivity index (χ3v) is 5.22. The fourth-order valence-electron chi connectivity index (χ4n) is 2.20. The van der Waals surface area contributed by atoms with Gasteiger partial charge in [0, 0.05) is 6.04 Å². The first-order valence-electron chi connectivity index (χ1n) is 6.79. The number of aliphatic hydroxyl groups is 1. The molecule has 0 radical (unpaired) electrons. The smallest absolute Gasteiger partial charge is 0.241 e. The number of benzene rings is 1. The van der Waals surface area contributed by atoms with Gasteiger partial charge in [-0.15, -0.1) is 13.2 Å². The number of nitrogens with one attached hydrogen (secondary N) is 1. The van der Waals surface area contributed by atoms with E-state index >= 15 is 0 Å². The Hall–Kier alpha value is -1.43. The third-order valence-electron chi connectivity index (χ3n) is 3.52. The SMILES string of the molecule is C=CCC(O)(CC=C)C(C)NS(=O)(=O)c1ccccc1C. The average Bonchev–Trinajstić information content (AvgIpc) is 2.39. The fourth-order valence-corrected chi connectivity index (χ4v) is 3.76. The summed E-state index contributed by atoms with van der Waals surface area (Å²) in [6.45, 7) is 10.6. The Bertz CT molecular complexity index is 598. The van der Waals surface area contributed by atoms with Crippen LogP contribution in [0.4, 0.5) is 0 Å². The zero-order valence-electron chi connectivity index (χ0n) is 12.5. The predicted octanol–water partition coefficient (Wildman–Crippen LogP) is 2.55. The van der Waals surface area contributed by atoms with Gasteiger partial charge >= 0.3 is 0 Å². The molecule has 21 heavy (non-hydrogen) atoms. The molecule has 4 nitrogen and oxygen atoms in total. The summed E-state index contributed by atoms with van der Waals surface area (Å²) in [6, 6.07) is 6.07. The van der Waals surface area contributed by atoms with Gasteiger partial charge in [0.05, 0.1) is 10.5 Å². The van der Waals surface area contributed by atoms with Crippen LogP contribution in [-0.2, 0) is 10.0 Å². The highest BCUT2D eigenvalue weighted by Gasteiger charge is 2.34. The lowest BCUT2D eigenvalue weighted by atomic mass is 9.89. The first-order chi connectivity index (χ1) is 9.77. The van der Waals surface area contributed by atoms with E-state index in [1.54, 1.807) is 50.3 Å². The molecule has 0 fully saturated rings. The van der Waals surface area contributed by atoms with E-state index in [0.717, 1.165) is 0 Å². The van der Waals surface area contributed by atoms with Crippen molar-refractivity contribution in [1.29, 1.82) is 0 Å². The van der Waals surface area contributed by atoms with Crippen LogP contribution in [0.25, 0.3) is 0 Å². The van der Waals surface area contributed by atoms with Crippen LogP contribution in [0.1, 0.15) is 25.3 Å². The topological polar surface area (TPSA) is 66.4 Å². The van der Waals surface area contributed by atoms with E-state index in [9.17, 15) is 13.5 Å². The molecule has 0 aliphatic carbocycles. The number of sulfonamides is 1. The maximum atomic E-state index is 12.4. The molecule has 2 N–H and O–H groups in total. The predicted molar refractivity (Wildman–Crippen MR) is 85.5 cm³/mol. The van der Waals surface area contributed by atoms with Crippen LogP contribution in [-0.4, -0.2) is 25.2 Å². The molecule has 5 heteroatoms. The summed E-state index contributed by atoms with van der Waals surface area (Å²) in [4.78, 5) is 0.219. The molecule has 0 bridgehead atoms. The molecule has 0 amide bonds. The lowest BCUT2D eigenvalue weighted by Gasteiger charge is -2.33. The fraction of sp³-hybridized carbons (Fsp3) is 0.375. The molecule has 0 spiro atoms. The van der Waals surface area contributed by atoms with Crippen molar-refractivity contribution in [2.75, 3.05) is 0 Å². The highest BCUT2D eigenvalue weighted by Crippen LogP contribution is 2.23. The van der Waals surface area contributed by atoms with E-state index in [-0.39, 0.29) is 17.7 Å². The van der Waals surface area contributed by atoms with E-state index in [4.69, 9.17) is 0 Å². The van der Waals surface area contributed by atoms with Crippen molar-refractivity contribution >= 4 is 10.0 Å². The molecule has 0 saturated heterocycles. The van der Waals surface area contributed by atoms with Crippen LogP contribution in [0.15, 0.2) is 54.5 Å². The molecule has 1 atom stereocenters. The second-order valence-corrected chi connectivity index (χ2v) is 6.88. The quantitative estimate of drug-likeness (QED) is 0.725. The van der Waals surface area contributed by atoms with Gasteiger partial charge in [-0.1, -0.05) is 30.4 Å². The minimum atomic E-state index is -3.69. The highest BCUT2D eigenvalue weighted by molar-refractivity contribution is 7.89. The van der Waals surface area contributed by atoms with Crippen molar-refractivity contribution in [1.82, 2.24) is 4.72 Å². The minimum Gasteiger partial charge on any atom is -0.388 e. The molecule has 1 rings (SSSR count). The minimum absolute atomic E-state index is 0.219. The van der Waals surface area contributed by atoms with Gasteiger partial charge < -0.3 is 5.11 Å². The first-order valence-corrected chi connectivity index (χ1v) is 8.27. The van der Waals surface area contributed by atoms with Gasteiger partial charge in [0.25, 0.3) is 0 Å². The molecule has 0 aromatic heterocycles. The van der Waals surface area contributed by atoms with Crippen LogP contribution in [0, 0.1) is 6.92 Å². The molecular formula is C16H23NO3S. The van der Waals surface area contributed by atoms with Crippen molar-refractivity contribution in [3.05, 3.63) is 55.1 Å². The first kappa shape index (κ1) is 17.6. The standard InChI is InChI=1S/C16H23NO3S/c1-5-11-16(18,12-6-2)14(4)17-21(19,20)15-10-8-7-9-13(15)3/h5-10,14,17-18H,1-2,11-12H2,3-4H3. The Morgan fingerprint density at radius 1 is 1.29 bits per heavy atom.